The molecule has 0 saturated carbocycles. The van der Waals surface area contributed by atoms with Crippen molar-refractivity contribution in [2.75, 3.05) is 143 Å². The predicted molar refractivity (Wildman–Crippen MR) is 224 cm³/mol. The second kappa shape index (κ2) is 24.2. The third kappa shape index (κ3) is 15.1. The molecule has 2 aromatic carbocycles. The van der Waals surface area contributed by atoms with E-state index in [0.717, 1.165) is 25.3 Å². The van der Waals surface area contributed by atoms with Gasteiger partial charge in [-0.25, -0.2) is 4.39 Å². The number of piperidine rings is 1. The van der Waals surface area contributed by atoms with Crippen molar-refractivity contribution in [2.24, 2.45) is 0 Å². The Bertz CT molecular complexity index is 1680. The quantitative estimate of drug-likeness (QED) is 0.121. The number of anilines is 1. The van der Waals surface area contributed by atoms with Crippen LogP contribution in [0.4, 0.5) is 10.1 Å². The highest BCUT2D eigenvalue weighted by atomic mass is 19.1. The van der Waals surface area contributed by atoms with Gasteiger partial charge in [0.1, 0.15) is 11.4 Å². The molecule has 61 heavy (non-hydrogen) atoms. The fourth-order valence-corrected chi connectivity index (χ4v) is 8.30. The normalized spacial score (nSPS) is 19.2. The van der Waals surface area contributed by atoms with Crippen LogP contribution in [0.5, 0.6) is 0 Å². The first-order valence-corrected chi connectivity index (χ1v) is 21.3. The van der Waals surface area contributed by atoms with E-state index in [4.69, 9.17) is 9.47 Å². The summed E-state index contributed by atoms with van der Waals surface area (Å²) in [6.45, 7) is 7.79. The van der Waals surface area contributed by atoms with Crippen molar-refractivity contribution in [3.8, 4) is 0 Å². The maximum absolute atomic E-state index is 14.2. The minimum absolute atomic E-state index is 0.00493. The Balaban J connectivity index is 1.05. The van der Waals surface area contributed by atoms with Crippen molar-refractivity contribution in [1.29, 1.82) is 0 Å². The lowest BCUT2D eigenvalue weighted by atomic mass is 9.85. The van der Waals surface area contributed by atoms with Crippen LogP contribution in [0.2, 0.25) is 0 Å². The Kier molecular flexibility index (Phi) is 18.8. The summed E-state index contributed by atoms with van der Waals surface area (Å²) in [7, 11) is 0. The molecular formula is C43H62FN7O10. The van der Waals surface area contributed by atoms with Gasteiger partial charge < -0.3 is 39.5 Å². The van der Waals surface area contributed by atoms with Gasteiger partial charge in [-0.3, -0.25) is 43.6 Å². The number of ketones is 1. The van der Waals surface area contributed by atoms with Crippen molar-refractivity contribution in [3.63, 3.8) is 0 Å². The van der Waals surface area contributed by atoms with Gasteiger partial charge in [-0.05, 0) is 62.2 Å². The number of likely N-dealkylation sites (tertiary alicyclic amines) is 1. The number of ether oxygens (including phenoxy) is 2. The van der Waals surface area contributed by atoms with E-state index in [1.54, 1.807) is 14.7 Å². The molecule has 17 nitrogen and oxygen atoms in total. The number of aliphatic carboxylic acids is 3. The Morgan fingerprint density at radius 1 is 0.590 bits per heavy atom. The molecule has 3 fully saturated rings. The number of carboxylic acid groups (broad SMARTS) is 3. The first-order chi connectivity index (χ1) is 29.4. The van der Waals surface area contributed by atoms with Gasteiger partial charge in [-0.15, -0.1) is 0 Å². The summed E-state index contributed by atoms with van der Waals surface area (Å²) in [5.74, 6) is -3.21. The maximum Gasteiger partial charge on any atom is 0.317 e. The maximum atomic E-state index is 14.2. The SMILES string of the molecule is O=C(O)CN1CCN(CCOCCOCCN2CN(c3ccccc3)C3(CCN(CCCC(=O)c4ccc(F)cc4)CC3)C2=O)CCN(CC(=O)O)CCN(CC(=O)O)CC1. The topological polar surface area (TPSA) is 187 Å². The number of carbonyl (C=O) groups is 5. The van der Waals surface area contributed by atoms with Gasteiger partial charge >= 0.3 is 17.9 Å². The first-order valence-electron chi connectivity index (χ1n) is 21.3. The van der Waals surface area contributed by atoms with E-state index in [0.29, 0.717) is 130 Å². The molecular weight excluding hydrogens is 794 g/mol. The summed E-state index contributed by atoms with van der Waals surface area (Å²) in [4.78, 5) is 75.2. The molecule has 5 rings (SSSR count). The predicted octanol–water partition coefficient (Wildman–Crippen LogP) is 1.44. The van der Waals surface area contributed by atoms with E-state index in [1.807, 2.05) is 35.2 Å². The summed E-state index contributed by atoms with van der Waals surface area (Å²) in [6.07, 6.45) is 2.39. The molecule has 0 aromatic heterocycles. The fraction of sp³-hybridized carbons (Fsp3) is 0.605. The lowest BCUT2D eigenvalue weighted by Crippen LogP contribution is -2.56. The molecule has 1 spiro atoms. The molecule has 18 heteroatoms. The van der Waals surface area contributed by atoms with Crippen LogP contribution in [0.1, 0.15) is 36.0 Å². The molecule has 0 radical (unpaired) electrons. The molecule has 336 valence electrons. The molecule has 0 unspecified atom stereocenters. The van der Waals surface area contributed by atoms with Crippen LogP contribution in [0.3, 0.4) is 0 Å². The number of Topliss-reactive ketones (excluding diaryl/α,β-unsaturated/α-hetero) is 1. The second-order valence-corrected chi connectivity index (χ2v) is 16.0. The number of rotatable bonds is 21. The molecule has 3 aliphatic rings. The highest BCUT2D eigenvalue weighted by Gasteiger charge is 2.53. The Morgan fingerprint density at radius 3 is 1.57 bits per heavy atom. The number of nitrogens with zero attached hydrogens (tertiary/aromatic N) is 7. The van der Waals surface area contributed by atoms with Crippen LogP contribution in [-0.2, 0) is 28.7 Å². The standard InChI is InChI=1S/C43H62FN7O10/c44-36-10-8-35(9-11-36)38(52)7-4-14-45-15-12-43(13-16-45)42(59)50(34-51(43)37-5-2-1-3-6-37)26-28-61-30-29-60-27-25-46-17-19-47(31-39(53)54)21-23-49(33-41(57)58)24-22-48(20-18-46)32-40(55)56/h1-3,5-6,8-11H,4,7,12-34H2,(H,53,54)(H,55,56)(H,57,58). The molecule has 2 aromatic rings. The van der Waals surface area contributed by atoms with E-state index in [1.165, 1.54) is 24.3 Å². The molecule has 3 aliphatic heterocycles. The van der Waals surface area contributed by atoms with Gasteiger partial charge in [0, 0.05) is 96.2 Å². The monoisotopic (exact) mass is 855 g/mol. The highest BCUT2D eigenvalue weighted by molar-refractivity contribution is 5.96. The molecule has 1 amide bonds. The summed E-state index contributed by atoms with van der Waals surface area (Å²) in [5.41, 5.74) is 0.846. The number of hydrogen-bond acceptors (Lipinski definition) is 13. The van der Waals surface area contributed by atoms with Crippen LogP contribution < -0.4 is 4.90 Å². The van der Waals surface area contributed by atoms with E-state index in [9.17, 15) is 43.7 Å². The van der Waals surface area contributed by atoms with Gasteiger partial charge in [0.05, 0.1) is 52.7 Å². The molecule has 3 saturated heterocycles. The van der Waals surface area contributed by atoms with Crippen LogP contribution >= 0.6 is 0 Å². The lowest BCUT2D eigenvalue weighted by molar-refractivity contribution is -0.140. The number of halogens is 1. The van der Waals surface area contributed by atoms with Crippen LogP contribution in [0.25, 0.3) is 0 Å². The van der Waals surface area contributed by atoms with Crippen molar-refractivity contribution < 1.29 is 53.2 Å². The zero-order valence-electron chi connectivity index (χ0n) is 35.1. The third-order valence-electron chi connectivity index (χ3n) is 11.7. The highest BCUT2D eigenvalue weighted by Crippen LogP contribution is 2.39. The largest absolute Gasteiger partial charge is 0.480 e. The van der Waals surface area contributed by atoms with Crippen molar-refractivity contribution in [2.45, 2.75) is 31.2 Å². The molecule has 3 heterocycles. The number of carboxylic acids is 3. The van der Waals surface area contributed by atoms with Gasteiger partial charge in [0.2, 0.25) is 5.91 Å². The van der Waals surface area contributed by atoms with Crippen molar-refractivity contribution in [1.82, 2.24) is 29.4 Å². The average molecular weight is 856 g/mol. The molecule has 0 aliphatic carbocycles. The van der Waals surface area contributed by atoms with E-state index < -0.39 is 23.4 Å². The summed E-state index contributed by atoms with van der Waals surface area (Å²) < 4.78 is 25.1. The fourth-order valence-electron chi connectivity index (χ4n) is 8.30. The number of para-hydroxylation sites is 1. The number of hydrogen-bond donors (Lipinski definition) is 3. The minimum Gasteiger partial charge on any atom is -0.480 e. The van der Waals surface area contributed by atoms with Gasteiger partial charge in [0.15, 0.2) is 5.78 Å². The smallest absolute Gasteiger partial charge is 0.317 e. The minimum atomic E-state index is -0.998. The van der Waals surface area contributed by atoms with Gasteiger partial charge in [-0.2, -0.15) is 0 Å². The zero-order valence-corrected chi connectivity index (χ0v) is 35.1. The Morgan fingerprint density at radius 2 is 1.07 bits per heavy atom. The summed E-state index contributed by atoms with van der Waals surface area (Å²) in [6, 6.07) is 15.6. The molecule has 3 N–H and O–H groups in total. The van der Waals surface area contributed by atoms with Crippen LogP contribution in [0.15, 0.2) is 54.6 Å². The van der Waals surface area contributed by atoms with Gasteiger partial charge in [-0.1, -0.05) is 18.2 Å². The molecule has 0 atom stereocenters. The Labute approximate surface area is 357 Å². The summed E-state index contributed by atoms with van der Waals surface area (Å²) >= 11 is 0. The van der Waals surface area contributed by atoms with E-state index >= 15 is 0 Å². The van der Waals surface area contributed by atoms with Crippen LogP contribution in [-0.4, -0.2) is 218 Å². The van der Waals surface area contributed by atoms with E-state index in [-0.39, 0.29) is 37.1 Å². The van der Waals surface area contributed by atoms with Gasteiger partial charge in [0.25, 0.3) is 0 Å². The third-order valence-corrected chi connectivity index (χ3v) is 11.7. The van der Waals surface area contributed by atoms with E-state index in [2.05, 4.69) is 14.7 Å². The zero-order chi connectivity index (χ0) is 43.6. The van der Waals surface area contributed by atoms with Crippen molar-refractivity contribution >= 4 is 35.3 Å². The molecule has 0 bridgehead atoms. The lowest BCUT2D eigenvalue weighted by Gasteiger charge is -2.43. The average Bonchev–Trinajstić information content (AvgIpc) is 3.49. The van der Waals surface area contributed by atoms with Crippen LogP contribution in [0, 0.1) is 5.82 Å². The second-order valence-electron chi connectivity index (χ2n) is 16.0. The first kappa shape index (κ1) is 47.5. The van der Waals surface area contributed by atoms with Crippen molar-refractivity contribution in [3.05, 3.63) is 66.0 Å². The summed E-state index contributed by atoms with van der Waals surface area (Å²) in [5, 5.41) is 28.3. The number of benzene rings is 2. The number of amides is 1. The number of carbonyl (C=O) groups excluding carboxylic acids is 2. The Hall–Kier alpha value is -4.56.